The topological polar surface area (TPSA) is 43.4 Å². The molecule has 0 aliphatic carbocycles. The smallest absolute Gasteiger partial charge is 0.206 e. The molecule has 0 aliphatic heterocycles. The van der Waals surface area contributed by atoms with Crippen molar-refractivity contribution in [1.29, 1.82) is 0 Å². The summed E-state index contributed by atoms with van der Waals surface area (Å²) in [6.07, 6.45) is 1.61. The van der Waals surface area contributed by atoms with Gasteiger partial charge in [0.15, 0.2) is 0 Å². The first-order valence-electron chi connectivity index (χ1n) is 6.31. The SMILES string of the molecule is C=CCOc1c(Br)cc(S(=O)(=O)c2cc(Br)c(Br)c(Br)c2)cc1Br. The predicted octanol–water partition coefficient (Wildman–Crippen LogP) is 6.90. The van der Waals surface area contributed by atoms with Crippen molar-refractivity contribution in [2.75, 3.05) is 6.61 Å². The van der Waals surface area contributed by atoms with E-state index in [1.54, 1.807) is 18.2 Å². The van der Waals surface area contributed by atoms with Gasteiger partial charge in [-0.1, -0.05) is 12.7 Å². The Bertz CT molecular complexity index is 863. The number of hydrogen-bond donors (Lipinski definition) is 0. The van der Waals surface area contributed by atoms with Gasteiger partial charge in [0, 0.05) is 13.4 Å². The molecule has 3 nitrogen and oxygen atoms in total. The minimum absolute atomic E-state index is 0.147. The van der Waals surface area contributed by atoms with Crippen molar-refractivity contribution in [3.8, 4) is 5.75 Å². The third-order valence-corrected chi connectivity index (χ3v) is 8.96. The van der Waals surface area contributed by atoms with Crippen LogP contribution >= 0.6 is 79.6 Å². The first-order chi connectivity index (χ1) is 11.2. The van der Waals surface area contributed by atoms with Gasteiger partial charge in [0.05, 0.1) is 18.7 Å². The van der Waals surface area contributed by atoms with Crippen LogP contribution in [0.2, 0.25) is 0 Å². The van der Waals surface area contributed by atoms with Crippen molar-refractivity contribution in [1.82, 2.24) is 0 Å². The van der Waals surface area contributed by atoms with Crippen molar-refractivity contribution in [2.24, 2.45) is 0 Å². The Morgan fingerprint density at radius 2 is 1.29 bits per heavy atom. The van der Waals surface area contributed by atoms with Crippen molar-refractivity contribution in [3.63, 3.8) is 0 Å². The molecule has 0 saturated heterocycles. The van der Waals surface area contributed by atoms with Crippen LogP contribution < -0.4 is 4.74 Å². The number of ether oxygens (including phenoxy) is 1. The van der Waals surface area contributed by atoms with Gasteiger partial charge in [-0.05, 0) is 104 Å². The van der Waals surface area contributed by atoms with E-state index in [4.69, 9.17) is 4.74 Å². The second-order valence-electron chi connectivity index (χ2n) is 4.52. The summed E-state index contributed by atoms with van der Waals surface area (Å²) in [4.78, 5) is 0.316. The van der Waals surface area contributed by atoms with Crippen molar-refractivity contribution in [3.05, 3.63) is 59.3 Å². The largest absolute Gasteiger partial charge is 0.487 e. The lowest BCUT2D eigenvalue weighted by molar-refractivity contribution is 0.358. The van der Waals surface area contributed by atoms with E-state index in [0.29, 0.717) is 30.2 Å². The molecular weight excluding hydrogens is 660 g/mol. The van der Waals surface area contributed by atoms with Gasteiger partial charge in [0.2, 0.25) is 9.84 Å². The summed E-state index contributed by atoms with van der Waals surface area (Å²) in [5, 5.41) is 0. The molecule has 2 rings (SSSR count). The van der Waals surface area contributed by atoms with Crippen molar-refractivity contribution < 1.29 is 13.2 Å². The normalized spacial score (nSPS) is 11.4. The summed E-state index contributed by atoms with van der Waals surface area (Å²) >= 11 is 16.8. The zero-order valence-corrected chi connectivity index (χ0v) is 20.6. The standard InChI is InChI=1S/C15H9Br5O3S/c1-2-3-23-15-12(18)6-9(7-13(15)19)24(21,22)8-4-10(16)14(20)11(17)5-8/h2,4-7H,1,3H2. The molecule has 2 aromatic carbocycles. The molecule has 0 amide bonds. The second kappa shape index (κ2) is 8.35. The van der Waals surface area contributed by atoms with Crippen LogP contribution in [0, 0.1) is 0 Å². The molecular formula is C15H9Br5O3S. The molecule has 128 valence electrons. The molecule has 0 aliphatic rings. The molecule has 0 heterocycles. The van der Waals surface area contributed by atoms with Gasteiger partial charge in [0.1, 0.15) is 12.4 Å². The molecule has 0 atom stereocenters. The van der Waals surface area contributed by atoms with Crippen LogP contribution in [0.1, 0.15) is 0 Å². The highest BCUT2D eigenvalue weighted by atomic mass is 79.9. The van der Waals surface area contributed by atoms with E-state index in [0.717, 1.165) is 4.47 Å². The van der Waals surface area contributed by atoms with Gasteiger partial charge in [-0.3, -0.25) is 0 Å². The number of rotatable bonds is 5. The van der Waals surface area contributed by atoms with Crippen LogP contribution in [-0.4, -0.2) is 15.0 Å². The number of hydrogen-bond acceptors (Lipinski definition) is 3. The Morgan fingerprint density at radius 1 is 0.875 bits per heavy atom. The maximum Gasteiger partial charge on any atom is 0.206 e. The fourth-order valence-corrected chi connectivity index (χ4v) is 6.60. The lowest BCUT2D eigenvalue weighted by atomic mass is 10.3. The predicted molar refractivity (Wildman–Crippen MR) is 113 cm³/mol. The summed E-state index contributed by atoms with van der Waals surface area (Å²) < 4.78 is 34.5. The molecule has 24 heavy (non-hydrogen) atoms. The highest BCUT2D eigenvalue weighted by Gasteiger charge is 2.23. The average Bonchev–Trinajstić information content (AvgIpc) is 2.51. The van der Waals surface area contributed by atoms with Gasteiger partial charge < -0.3 is 4.74 Å². The van der Waals surface area contributed by atoms with Crippen LogP contribution in [-0.2, 0) is 9.84 Å². The number of sulfone groups is 1. The van der Waals surface area contributed by atoms with Gasteiger partial charge in [-0.25, -0.2) is 8.42 Å². The maximum absolute atomic E-state index is 12.9. The molecule has 0 radical (unpaired) electrons. The van der Waals surface area contributed by atoms with E-state index in [1.165, 1.54) is 12.1 Å². The van der Waals surface area contributed by atoms with Crippen LogP contribution in [0.3, 0.4) is 0 Å². The minimum atomic E-state index is -3.70. The van der Waals surface area contributed by atoms with E-state index >= 15 is 0 Å². The maximum atomic E-state index is 12.9. The molecule has 0 saturated carbocycles. The third-order valence-electron chi connectivity index (χ3n) is 2.90. The Labute approximate surface area is 182 Å². The van der Waals surface area contributed by atoms with E-state index < -0.39 is 9.84 Å². The molecule has 0 unspecified atom stereocenters. The monoisotopic (exact) mass is 664 g/mol. The summed E-state index contributed by atoms with van der Waals surface area (Å²) in [6, 6.07) is 6.13. The number of halogens is 5. The first-order valence-corrected chi connectivity index (χ1v) is 11.8. The Morgan fingerprint density at radius 3 is 1.71 bits per heavy atom. The van der Waals surface area contributed by atoms with E-state index in [9.17, 15) is 8.42 Å². The van der Waals surface area contributed by atoms with Crippen molar-refractivity contribution in [2.45, 2.75) is 9.79 Å². The Hall–Kier alpha value is 0.330. The quantitative estimate of drug-likeness (QED) is 0.258. The summed E-state index contributed by atoms with van der Waals surface area (Å²) in [5.74, 6) is 0.520. The van der Waals surface area contributed by atoms with Gasteiger partial charge in [-0.2, -0.15) is 0 Å². The highest BCUT2D eigenvalue weighted by molar-refractivity contribution is 9.14. The zero-order valence-electron chi connectivity index (χ0n) is 11.8. The van der Waals surface area contributed by atoms with Gasteiger partial charge in [-0.15, -0.1) is 0 Å². The lowest BCUT2D eigenvalue weighted by Gasteiger charge is -2.12. The van der Waals surface area contributed by atoms with Gasteiger partial charge in [0.25, 0.3) is 0 Å². The minimum Gasteiger partial charge on any atom is -0.487 e. The second-order valence-corrected chi connectivity index (χ2v) is 10.7. The zero-order chi connectivity index (χ0) is 18.1. The van der Waals surface area contributed by atoms with Crippen molar-refractivity contribution >= 4 is 89.5 Å². The van der Waals surface area contributed by atoms with E-state index in [2.05, 4.69) is 86.2 Å². The fourth-order valence-electron chi connectivity index (χ4n) is 1.80. The Kier molecular flexibility index (Phi) is 7.18. The average molecular weight is 669 g/mol. The molecule has 0 bridgehead atoms. The molecule has 2 aromatic rings. The van der Waals surface area contributed by atoms with Crippen LogP contribution in [0.5, 0.6) is 5.75 Å². The third kappa shape index (κ3) is 4.35. The number of benzene rings is 2. The summed E-state index contributed by atoms with van der Waals surface area (Å²) in [6.45, 7) is 3.91. The Balaban J connectivity index is 2.56. The summed E-state index contributed by atoms with van der Waals surface area (Å²) in [5.41, 5.74) is 0. The molecule has 9 heteroatoms. The van der Waals surface area contributed by atoms with Gasteiger partial charge >= 0.3 is 0 Å². The molecule has 0 N–H and O–H groups in total. The fraction of sp³-hybridized carbons (Fsp3) is 0.0667. The first kappa shape index (κ1) is 20.6. The highest BCUT2D eigenvalue weighted by Crippen LogP contribution is 2.39. The summed E-state index contributed by atoms with van der Waals surface area (Å²) in [7, 11) is -3.70. The van der Waals surface area contributed by atoms with Crippen LogP contribution in [0.15, 0.2) is 69.1 Å². The lowest BCUT2D eigenvalue weighted by Crippen LogP contribution is -2.04. The molecule has 0 aromatic heterocycles. The van der Waals surface area contributed by atoms with Crippen LogP contribution in [0.4, 0.5) is 0 Å². The van der Waals surface area contributed by atoms with Crippen LogP contribution in [0.25, 0.3) is 0 Å². The van der Waals surface area contributed by atoms with E-state index in [-0.39, 0.29) is 9.79 Å². The molecule has 0 spiro atoms. The molecule has 0 fully saturated rings. The van der Waals surface area contributed by atoms with E-state index in [1.807, 2.05) is 0 Å².